The van der Waals surface area contributed by atoms with Crippen LogP contribution in [0.1, 0.15) is 15.9 Å². The molecule has 174 valence electrons. The number of halogens is 1. The van der Waals surface area contributed by atoms with Gasteiger partial charge in [-0.2, -0.15) is 5.10 Å². The number of hydrogen-bond donors (Lipinski definition) is 2. The Balaban J connectivity index is 1.56. The number of amides is 2. The smallest absolute Gasteiger partial charge is 0.272 e. The van der Waals surface area contributed by atoms with Crippen molar-refractivity contribution in [1.29, 1.82) is 0 Å². The van der Waals surface area contributed by atoms with Crippen molar-refractivity contribution in [2.45, 2.75) is 0 Å². The van der Waals surface area contributed by atoms with Gasteiger partial charge in [0.15, 0.2) is 18.1 Å². The molecule has 3 rings (SSSR count). The van der Waals surface area contributed by atoms with Crippen molar-refractivity contribution >= 4 is 45.3 Å². The Morgan fingerprint density at radius 2 is 1.82 bits per heavy atom. The van der Waals surface area contributed by atoms with Crippen LogP contribution >= 0.6 is 15.9 Å². The molecule has 0 heterocycles. The van der Waals surface area contributed by atoms with Gasteiger partial charge in [0.25, 0.3) is 17.5 Å². The first kappa shape index (κ1) is 24.4. The predicted molar refractivity (Wildman–Crippen MR) is 129 cm³/mol. The number of ether oxygens (including phenoxy) is 2. The lowest BCUT2D eigenvalue weighted by atomic mass is 10.2. The second-order valence-corrected chi connectivity index (χ2v) is 7.58. The highest BCUT2D eigenvalue weighted by Gasteiger charge is 2.11. The molecule has 0 radical (unpaired) electrons. The summed E-state index contributed by atoms with van der Waals surface area (Å²) >= 11 is 3.32. The van der Waals surface area contributed by atoms with Crippen molar-refractivity contribution in [3.05, 3.63) is 92.4 Å². The van der Waals surface area contributed by atoms with E-state index in [1.807, 2.05) is 0 Å². The molecule has 0 atom stereocenters. The number of anilines is 1. The summed E-state index contributed by atoms with van der Waals surface area (Å²) in [7, 11) is 1.45. The van der Waals surface area contributed by atoms with Gasteiger partial charge in [-0.05, 0) is 64.0 Å². The summed E-state index contributed by atoms with van der Waals surface area (Å²) in [5.74, 6) is -0.119. The first-order valence-corrected chi connectivity index (χ1v) is 10.6. The summed E-state index contributed by atoms with van der Waals surface area (Å²) in [6.45, 7) is -0.303. The number of nitrogens with one attached hydrogen (secondary N) is 2. The molecule has 11 heteroatoms. The second kappa shape index (κ2) is 11.6. The number of carbonyl (C=O) groups excluding carboxylic acids is 2. The van der Waals surface area contributed by atoms with Gasteiger partial charge >= 0.3 is 0 Å². The van der Waals surface area contributed by atoms with E-state index in [2.05, 4.69) is 31.8 Å². The van der Waals surface area contributed by atoms with Gasteiger partial charge in [0, 0.05) is 22.3 Å². The fourth-order valence-corrected chi connectivity index (χ4v) is 3.23. The van der Waals surface area contributed by atoms with Crippen LogP contribution in [-0.2, 0) is 4.79 Å². The van der Waals surface area contributed by atoms with E-state index in [0.717, 1.165) is 0 Å². The summed E-state index contributed by atoms with van der Waals surface area (Å²) in [5, 5.41) is 17.2. The van der Waals surface area contributed by atoms with Crippen LogP contribution in [0.3, 0.4) is 0 Å². The minimum Gasteiger partial charge on any atom is -0.493 e. The topological polar surface area (TPSA) is 132 Å². The highest BCUT2D eigenvalue weighted by Crippen LogP contribution is 2.27. The van der Waals surface area contributed by atoms with Crippen molar-refractivity contribution in [3.63, 3.8) is 0 Å². The van der Waals surface area contributed by atoms with Crippen LogP contribution in [-0.4, -0.2) is 36.7 Å². The zero-order valence-electron chi connectivity index (χ0n) is 17.9. The van der Waals surface area contributed by atoms with Crippen LogP contribution in [0.5, 0.6) is 11.5 Å². The Labute approximate surface area is 202 Å². The number of nitrogens with zero attached hydrogens (tertiary/aromatic N) is 2. The summed E-state index contributed by atoms with van der Waals surface area (Å²) in [6.07, 6.45) is 1.45. The Bertz CT molecular complexity index is 1230. The zero-order chi connectivity index (χ0) is 24.5. The lowest BCUT2D eigenvalue weighted by Gasteiger charge is -2.11. The molecule has 10 nitrogen and oxygen atoms in total. The molecule has 0 aliphatic rings. The van der Waals surface area contributed by atoms with Gasteiger partial charge in [-0.1, -0.05) is 12.1 Å². The van der Waals surface area contributed by atoms with E-state index in [-0.39, 0.29) is 18.2 Å². The maximum Gasteiger partial charge on any atom is 0.272 e. The van der Waals surface area contributed by atoms with E-state index in [1.165, 1.54) is 37.6 Å². The standard InChI is InChI=1S/C23H19BrN4O6/c1-33-21-12-15(13-25-27-23(30)18-4-2-3-5-19(18)24)6-11-20(21)34-14-22(29)26-16-7-9-17(10-8-16)28(31)32/h2-13H,14H2,1H3,(H,26,29)(H,27,30). The molecule has 0 aliphatic heterocycles. The van der Waals surface area contributed by atoms with E-state index in [9.17, 15) is 19.7 Å². The monoisotopic (exact) mass is 526 g/mol. The van der Waals surface area contributed by atoms with Crippen molar-refractivity contribution in [2.75, 3.05) is 19.0 Å². The summed E-state index contributed by atoms with van der Waals surface area (Å²) in [5.41, 5.74) is 3.87. The van der Waals surface area contributed by atoms with E-state index < -0.39 is 10.8 Å². The lowest BCUT2D eigenvalue weighted by Crippen LogP contribution is -2.20. The minimum atomic E-state index is -0.522. The third kappa shape index (κ3) is 6.62. The van der Waals surface area contributed by atoms with Crippen LogP contribution in [0.2, 0.25) is 0 Å². The number of nitro benzene ring substituents is 1. The molecule has 0 saturated carbocycles. The lowest BCUT2D eigenvalue weighted by molar-refractivity contribution is -0.384. The Morgan fingerprint density at radius 1 is 1.09 bits per heavy atom. The van der Waals surface area contributed by atoms with Gasteiger partial charge in [0.2, 0.25) is 0 Å². The van der Waals surface area contributed by atoms with Gasteiger partial charge in [0.1, 0.15) is 0 Å². The van der Waals surface area contributed by atoms with Crippen LogP contribution in [0, 0.1) is 10.1 Å². The summed E-state index contributed by atoms with van der Waals surface area (Å²) in [6, 6.07) is 17.4. The molecular formula is C23H19BrN4O6. The molecular weight excluding hydrogens is 508 g/mol. The number of carbonyl (C=O) groups is 2. The Morgan fingerprint density at radius 3 is 2.50 bits per heavy atom. The number of hydrazone groups is 1. The van der Waals surface area contributed by atoms with E-state index in [1.54, 1.807) is 42.5 Å². The average molecular weight is 527 g/mol. The fourth-order valence-electron chi connectivity index (χ4n) is 2.76. The largest absolute Gasteiger partial charge is 0.493 e. The Hall–Kier alpha value is -4.25. The summed E-state index contributed by atoms with van der Waals surface area (Å²) in [4.78, 5) is 34.5. The number of rotatable bonds is 9. The molecule has 0 unspecified atom stereocenters. The quantitative estimate of drug-likeness (QED) is 0.244. The minimum absolute atomic E-state index is 0.0740. The number of hydrogen-bond acceptors (Lipinski definition) is 7. The molecule has 0 saturated heterocycles. The second-order valence-electron chi connectivity index (χ2n) is 6.73. The molecule has 0 fully saturated rings. The summed E-state index contributed by atoms with van der Waals surface area (Å²) < 4.78 is 11.5. The molecule has 2 amide bonds. The maximum atomic E-state index is 12.2. The normalized spacial score (nSPS) is 10.5. The van der Waals surface area contributed by atoms with Crippen molar-refractivity contribution in [3.8, 4) is 11.5 Å². The van der Waals surface area contributed by atoms with E-state index in [4.69, 9.17) is 9.47 Å². The number of methoxy groups -OCH3 is 1. The SMILES string of the molecule is COc1cc(C=NNC(=O)c2ccccc2Br)ccc1OCC(=O)Nc1ccc([N+](=O)[O-])cc1. The highest BCUT2D eigenvalue weighted by atomic mass is 79.9. The van der Waals surface area contributed by atoms with E-state index in [0.29, 0.717) is 32.8 Å². The third-order valence-electron chi connectivity index (χ3n) is 4.41. The van der Waals surface area contributed by atoms with E-state index >= 15 is 0 Å². The van der Waals surface area contributed by atoms with Gasteiger partial charge in [-0.25, -0.2) is 5.43 Å². The van der Waals surface area contributed by atoms with Crippen LogP contribution < -0.4 is 20.2 Å². The van der Waals surface area contributed by atoms with Gasteiger partial charge in [0.05, 0.1) is 23.8 Å². The predicted octanol–water partition coefficient (Wildman–Crippen LogP) is 4.15. The molecule has 34 heavy (non-hydrogen) atoms. The number of non-ortho nitro benzene ring substituents is 1. The molecule has 2 N–H and O–H groups in total. The van der Waals surface area contributed by atoms with Crippen molar-refractivity contribution in [2.24, 2.45) is 5.10 Å². The molecule has 0 aromatic heterocycles. The fraction of sp³-hybridized carbons (Fsp3) is 0.0870. The highest BCUT2D eigenvalue weighted by molar-refractivity contribution is 9.10. The molecule has 3 aromatic rings. The van der Waals surface area contributed by atoms with Gasteiger partial charge in [-0.15, -0.1) is 0 Å². The maximum absolute atomic E-state index is 12.2. The van der Waals surface area contributed by atoms with Crippen molar-refractivity contribution in [1.82, 2.24) is 5.43 Å². The first-order chi connectivity index (χ1) is 16.4. The Kier molecular flexibility index (Phi) is 8.30. The van der Waals surface area contributed by atoms with Gasteiger partial charge < -0.3 is 14.8 Å². The zero-order valence-corrected chi connectivity index (χ0v) is 19.4. The van der Waals surface area contributed by atoms with Gasteiger partial charge in [-0.3, -0.25) is 19.7 Å². The van der Waals surface area contributed by atoms with Crippen LogP contribution in [0.4, 0.5) is 11.4 Å². The first-order valence-electron chi connectivity index (χ1n) is 9.80. The van der Waals surface area contributed by atoms with Crippen molar-refractivity contribution < 1.29 is 24.0 Å². The van der Waals surface area contributed by atoms with Crippen LogP contribution in [0.25, 0.3) is 0 Å². The molecule has 0 spiro atoms. The number of benzene rings is 3. The number of nitro groups is 1. The molecule has 3 aromatic carbocycles. The molecule has 0 bridgehead atoms. The third-order valence-corrected chi connectivity index (χ3v) is 5.10. The average Bonchev–Trinajstić information content (AvgIpc) is 2.83. The van der Waals surface area contributed by atoms with Crippen LogP contribution in [0.15, 0.2) is 76.3 Å². The molecule has 0 aliphatic carbocycles.